The minimum absolute atomic E-state index is 0.0509. The van der Waals surface area contributed by atoms with Crippen LogP contribution in [0.25, 0.3) is 22.4 Å². The molecule has 1 N–H and O–H groups in total. The number of imidazole rings is 1. The van der Waals surface area contributed by atoms with Crippen molar-refractivity contribution < 1.29 is 13.7 Å². The van der Waals surface area contributed by atoms with Crippen LogP contribution in [0.3, 0.4) is 0 Å². The second-order valence-corrected chi connectivity index (χ2v) is 6.86. The summed E-state index contributed by atoms with van der Waals surface area (Å²) in [7, 11) is 0. The Labute approximate surface area is 161 Å². The number of hydrogen-bond donors (Lipinski definition) is 1. The van der Waals surface area contributed by atoms with Gasteiger partial charge >= 0.3 is 0 Å². The van der Waals surface area contributed by atoms with Crippen molar-refractivity contribution in [3.63, 3.8) is 0 Å². The van der Waals surface area contributed by atoms with Crippen LogP contribution in [0.1, 0.15) is 43.3 Å². The van der Waals surface area contributed by atoms with Crippen LogP contribution in [0.2, 0.25) is 0 Å². The van der Waals surface area contributed by atoms with Crippen molar-refractivity contribution in [3.05, 3.63) is 54.6 Å². The predicted molar refractivity (Wildman–Crippen MR) is 102 cm³/mol. The summed E-state index contributed by atoms with van der Waals surface area (Å²) in [6, 6.07) is 8.72. The van der Waals surface area contributed by atoms with Gasteiger partial charge in [0.25, 0.3) is 5.91 Å². The maximum Gasteiger partial charge on any atom is 0.287 e. The number of benzene rings is 1. The Morgan fingerprint density at radius 3 is 2.86 bits per heavy atom. The van der Waals surface area contributed by atoms with E-state index in [2.05, 4.69) is 31.9 Å². The van der Waals surface area contributed by atoms with Crippen molar-refractivity contribution >= 4 is 16.9 Å². The fraction of sp³-hybridized carbons (Fsp3) is 0.300. The summed E-state index contributed by atoms with van der Waals surface area (Å²) < 4.78 is 12.7. The summed E-state index contributed by atoms with van der Waals surface area (Å²) >= 11 is 0. The zero-order chi connectivity index (χ0) is 19.7. The molecular weight excluding hydrogens is 358 g/mol. The third-order valence-electron chi connectivity index (χ3n) is 4.63. The van der Waals surface area contributed by atoms with Gasteiger partial charge in [-0.3, -0.25) is 4.79 Å². The van der Waals surface area contributed by atoms with Crippen LogP contribution in [0, 0.1) is 5.92 Å². The van der Waals surface area contributed by atoms with Gasteiger partial charge in [0.2, 0.25) is 11.7 Å². The zero-order valence-corrected chi connectivity index (χ0v) is 15.9. The molecule has 8 nitrogen and oxygen atoms in total. The Morgan fingerprint density at radius 2 is 2.14 bits per heavy atom. The van der Waals surface area contributed by atoms with Crippen LogP contribution in [0.15, 0.2) is 51.9 Å². The molecule has 0 bridgehead atoms. The van der Waals surface area contributed by atoms with E-state index in [9.17, 15) is 4.79 Å². The van der Waals surface area contributed by atoms with Gasteiger partial charge in [-0.15, -0.1) is 0 Å². The summed E-state index contributed by atoms with van der Waals surface area (Å²) in [6.07, 6.45) is 3.27. The van der Waals surface area contributed by atoms with Crippen molar-refractivity contribution in [2.24, 2.45) is 5.92 Å². The Balaban J connectivity index is 1.60. The van der Waals surface area contributed by atoms with Crippen LogP contribution in [0.5, 0.6) is 0 Å². The van der Waals surface area contributed by atoms with E-state index in [-0.39, 0.29) is 17.6 Å². The van der Waals surface area contributed by atoms with Crippen molar-refractivity contribution in [2.45, 2.75) is 33.4 Å². The SMILES string of the molecule is CCn1cnc2cc(-c3noc(C(NC(=O)c4ccco4)C(C)C)n3)ccc21. The highest BCUT2D eigenvalue weighted by Gasteiger charge is 2.26. The second kappa shape index (κ2) is 7.30. The molecule has 0 aliphatic rings. The lowest BCUT2D eigenvalue weighted by molar-refractivity contribution is 0.0885. The van der Waals surface area contributed by atoms with Gasteiger partial charge in [-0.05, 0) is 43.2 Å². The highest BCUT2D eigenvalue weighted by atomic mass is 16.5. The van der Waals surface area contributed by atoms with Gasteiger partial charge in [0.15, 0.2) is 5.76 Å². The average molecular weight is 379 g/mol. The number of carbonyl (C=O) groups is 1. The van der Waals surface area contributed by atoms with Gasteiger partial charge in [0.05, 0.1) is 23.6 Å². The second-order valence-electron chi connectivity index (χ2n) is 6.86. The van der Waals surface area contributed by atoms with E-state index in [1.807, 2.05) is 38.4 Å². The molecule has 0 spiro atoms. The molecule has 0 saturated heterocycles. The fourth-order valence-electron chi connectivity index (χ4n) is 3.07. The van der Waals surface area contributed by atoms with E-state index in [0.29, 0.717) is 11.7 Å². The quantitative estimate of drug-likeness (QED) is 0.547. The van der Waals surface area contributed by atoms with Gasteiger partial charge in [0, 0.05) is 12.1 Å². The Kier molecular flexibility index (Phi) is 4.68. The van der Waals surface area contributed by atoms with Crippen LogP contribution in [-0.2, 0) is 6.54 Å². The smallest absolute Gasteiger partial charge is 0.287 e. The maximum atomic E-state index is 12.3. The summed E-state index contributed by atoms with van der Waals surface area (Å²) in [5, 5.41) is 6.99. The van der Waals surface area contributed by atoms with Gasteiger partial charge in [0.1, 0.15) is 6.04 Å². The van der Waals surface area contributed by atoms with Crippen LogP contribution in [0.4, 0.5) is 0 Å². The minimum atomic E-state index is -0.429. The van der Waals surface area contributed by atoms with Gasteiger partial charge < -0.3 is 18.8 Å². The van der Waals surface area contributed by atoms with Gasteiger partial charge in [-0.2, -0.15) is 4.98 Å². The van der Waals surface area contributed by atoms with E-state index in [0.717, 1.165) is 23.1 Å². The number of fused-ring (bicyclic) bond motifs is 1. The number of hydrogen-bond acceptors (Lipinski definition) is 6. The first-order valence-corrected chi connectivity index (χ1v) is 9.20. The third-order valence-corrected chi connectivity index (χ3v) is 4.63. The lowest BCUT2D eigenvalue weighted by Crippen LogP contribution is -2.31. The lowest BCUT2D eigenvalue weighted by atomic mass is 10.0. The summed E-state index contributed by atoms with van der Waals surface area (Å²) in [6.45, 7) is 6.87. The largest absolute Gasteiger partial charge is 0.459 e. The van der Waals surface area contributed by atoms with Crippen LogP contribution >= 0.6 is 0 Å². The number of aryl methyl sites for hydroxylation is 1. The normalized spacial score (nSPS) is 12.6. The van der Waals surface area contributed by atoms with E-state index < -0.39 is 6.04 Å². The molecule has 144 valence electrons. The Bertz CT molecular complexity index is 1090. The molecule has 0 fully saturated rings. The summed E-state index contributed by atoms with van der Waals surface area (Å²) in [5.74, 6) is 0.775. The minimum Gasteiger partial charge on any atom is -0.459 e. The first-order valence-electron chi connectivity index (χ1n) is 9.20. The lowest BCUT2D eigenvalue weighted by Gasteiger charge is -2.17. The molecule has 0 radical (unpaired) electrons. The number of nitrogens with zero attached hydrogens (tertiary/aromatic N) is 4. The van der Waals surface area contributed by atoms with E-state index in [4.69, 9.17) is 8.94 Å². The number of aromatic nitrogens is 4. The molecule has 0 aliphatic heterocycles. The number of rotatable bonds is 6. The summed E-state index contributed by atoms with van der Waals surface area (Å²) in [5.41, 5.74) is 2.74. The number of nitrogens with one attached hydrogen (secondary N) is 1. The molecule has 8 heteroatoms. The standard InChI is InChI=1S/C20H21N5O3/c1-4-25-11-21-14-10-13(7-8-15(14)25)18-23-20(28-24-18)17(12(2)3)22-19(26)16-6-5-9-27-16/h5-12,17H,4H2,1-3H3,(H,22,26). The molecule has 0 saturated carbocycles. The highest BCUT2D eigenvalue weighted by molar-refractivity contribution is 5.91. The molecule has 3 heterocycles. The fourth-order valence-corrected chi connectivity index (χ4v) is 3.07. The monoisotopic (exact) mass is 379 g/mol. The summed E-state index contributed by atoms with van der Waals surface area (Å²) in [4.78, 5) is 21.3. The van der Waals surface area contributed by atoms with Crippen LogP contribution in [-0.4, -0.2) is 25.6 Å². The van der Waals surface area contributed by atoms with Crippen molar-refractivity contribution in [1.82, 2.24) is 25.0 Å². The molecular formula is C20H21N5O3. The van der Waals surface area contributed by atoms with Crippen molar-refractivity contribution in [3.8, 4) is 11.4 Å². The van der Waals surface area contributed by atoms with E-state index in [1.54, 1.807) is 12.1 Å². The maximum absolute atomic E-state index is 12.3. The van der Waals surface area contributed by atoms with Crippen LogP contribution < -0.4 is 5.32 Å². The predicted octanol–water partition coefficient (Wildman–Crippen LogP) is 3.83. The molecule has 1 unspecified atom stereocenters. The van der Waals surface area contributed by atoms with Gasteiger partial charge in [-0.1, -0.05) is 19.0 Å². The van der Waals surface area contributed by atoms with E-state index in [1.165, 1.54) is 6.26 Å². The number of furan rings is 1. The first kappa shape index (κ1) is 18.0. The topological polar surface area (TPSA) is 99.0 Å². The Morgan fingerprint density at radius 1 is 1.29 bits per heavy atom. The Hall–Kier alpha value is -3.42. The molecule has 1 atom stereocenters. The van der Waals surface area contributed by atoms with Gasteiger partial charge in [-0.25, -0.2) is 4.98 Å². The molecule has 4 rings (SSSR count). The first-order chi connectivity index (χ1) is 13.6. The zero-order valence-electron chi connectivity index (χ0n) is 15.9. The molecule has 4 aromatic rings. The van der Waals surface area contributed by atoms with E-state index >= 15 is 0 Å². The highest BCUT2D eigenvalue weighted by Crippen LogP contribution is 2.26. The van der Waals surface area contributed by atoms with Crippen molar-refractivity contribution in [2.75, 3.05) is 0 Å². The third kappa shape index (κ3) is 3.28. The molecule has 1 amide bonds. The average Bonchev–Trinajstić information content (AvgIpc) is 3.45. The number of carbonyl (C=O) groups excluding carboxylic acids is 1. The molecule has 3 aromatic heterocycles. The molecule has 1 aromatic carbocycles. The molecule has 28 heavy (non-hydrogen) atoms. The molecule has 0 aliphatic carbocycles. The van der Waals surface area contributed by atoms with Crippen molar-refractivity contribution in [1.29, 1.82) is 0 Å². The number of amides is 1.